The Morgan fingerprint density at radius 1 is 1.00 bits per heavy atom. The fourth-order valence-electron chi connectivity index (χ4n) is 1.84. The normalized spacial score (nSPS) is 10.3. The molecule has 2 aromatic carbocycles. The molecule has 0 saturated heterocycles. The molecule has 0 aliphatic carbocycles. The summed E-state index contributed by atoms with van der Waals surface area (Å²) in [5.74, 6) is -0.860. The zero-order valence-electron chi connectivity index (χ0n) is 10.9. The van der Waals surface area contributed by atoms with Crippen molar-refractivity contribution in [2.75, 3.05) is 19.1 Å². The van der Waals surface area contributed by atoms with Gasteiger partial charge in [-0.3, -0.25) is 0 Å². The average Bonchev–Trinajstić information content (AvgIpc) is 2.43. The number of halogens is 2. The van der Waals surface area contributed by atoms with E-state index in [9.17, 15) is 8.78 Å². The fraction of sp³-hybridized carbons (Fsp3) is 0.200. The summed E-state index contributed by atoms with van der Waals surface area (Å²) in [6.45, 7) is 0.504. The molecule has 0 unspecified atom stereocenters. The monoisotopic (exact) mass is 263 g/mol. The lowest BCUT2D eigenvalue weighted by Crippen LogP contribution is -2.16. The fourth-order valence-corrected chi connectivity index (χ4v) is 1.84. The number of hydrogen-bond donors (Lipinski definition) is 0. The van der Waals surface area contributed by atoms with Crippen molar-refractivity contribution in [1.29, 1.82) is 0 Å². The number of methoxy groups -OCH3 is 1. The van der Waals surface area contributed by atoms with Crippen LogP contribution in [0.25, 0.3) is 0 Å². The predicted molar refractivity (Wildman–Crippen MR) is 71.5 cm³/mol. The van der Waals surface area contributed by atoms with Gasteiger partial charge in [0.2, 0.25) is 0 Å². The molecule has 0 aliphatic heterocycles. The maximum Gasteiger partial charge on any atom is 0.159 e. The second kappa shape index (κ2) is 5.69. The molecule has 19 heavy (non-hydrogen) atoms. The first-order valence-corrected chi connectivity index (χ1v) is 5.89. The van der Waals surface area contributed by atoms with Crippen LogP contribution in [-0.4, -0.2) is 14.2 Å². The van der Waals surface area contributed by atoms with Crippen molar-refractivity contribution < 1.29 is 13.5 Å². The largest absolute Gasteiger partial charge is 0.497 e. The van der Waals surface area contributed by atoms with Crippen LogP contribution in [-0.2, 0) is 6.54 Å². The van der Waals surface area contributed by atoms with Crippen LogP contribution in [0.1, 0.15) is 5.56 Å². The molecule has 0 aromatic heterocycles. The van der Waals surface area contributed by atoms with E-state index in [0.29, 0.717) is 6.54 Å². The lowest BCUT2D eigenvalue weighted by atomic mass is 10.2. The zero-order valence-corrected chi connectivity index (χ0v) is 10.9. The predicted octanol–water partition coefficient (Wildman–Crippen LogP) is 3.61. The van der Waals surface area contributed by atoms with E-state index in [0.717, 1.165) is 23.1 Å². The van der Waals surface area contributed by atoms with Gasteiger partial charge in [0.1, 0.15) is 5.75 Å². The van der Waals surface area contributed by atoms with Crippen molar-refractivity contribution in [3.05, 3.63) is 59.7 Å². The summed E-state index contributed by atoms with van der Waals surface area (Å²) >= 11 is 0. The van der Waals surface area contributed by atoms with Gasteiger partial charge in [0.15, 0.2) is 11.6 Å². The topological polar surface area (TPSA) is 12.5 Å². The molecule has 0 spiro atoms. The van der Waals surface area contributed by atoms with Crippen LogP contribution >= 0.6 is 0 Å². The number of benzene rings is 2. The third kappa shape index (κ3) is 3.22. The second-order valence-corrected chi connectivity index (χ2v) is 4.30. The maximum atomic E-state index is 13.1. The lowest BCUT2D eigenvalue weighted by Gasteiger charge is -2.19. The second-order valence-electron chi connectivity index (χ2n) is 4.30. The Hall–Kier alpha value is -2.10. The van der Waals surface area contributed by atoms with Crippen molar-refractivity contribution in [2.45, 2.75) is 6.54 Å². The van der Waals surface area contributed by atoms with E-state index in [1.54, 1.807) is 13.2 Å². The summed E-state index contributed by atoms with van der Waals surface area (Å²) in [5.41, 5.74) is 1.70. The van der Waals surface area contributed by atoms with Crippen LogP contribution in [0.4, 0.5) is 14.5 Å². The molecule has 100 valence electrons. The summed E-state index contributed by atoms with van der Waals surface area (Å²) in [6, 6.07) is 11.5. The van der Waals surface area contributed by atoms with Crippen LogP contribution < -0.4 is 9.64 Å². The third-order valence-electron chi connectivity index (χ3n) is 2.92. The van der Waals surface area contributed by atoms with E-state index in [4.69, 9.17) is 4.74 Å². The Morgan fingerprint density at radius 3 is 2.26 bits per heavy atom. The number of ether oxygens (including phenoxy) is 1. The standard InChI is InChI=1S/C15H15F2NO/c1-18(12-4-6-13(19-2)7-5-12)10-11-3-8-14(16)15(17)9-11/h3-9H,10H2,1-2H3. The van der Waals surface area contributed by atoms with E-state index >= 15 is 0 Å². The van der Waals surface area contributed by atoms with Crippen LogP contribution in [0, 0.1) is 11.6 Å². The van der Waals surface area contributed by atoms with Crippen molar-refractivity contribution in [3.8, 4) is 5.75 Å². The molecule has 2 aromatic rings. The Labute approximate surface area is 111 Å². The SMILES string of the molecule is COc1ccc(N(C)Cc2ccc(F)c(F)c2)cc1. The van der Waals surface area contributed by atoms with Gasteiger partial charge in [0, 0.05) is 19.3 Å². The van der Waals surface area contributed by atoms with E-state index < -0.39 is 11.6 Å². The molecule has 4 heteroatoms. The van der Waals surface area contributed by atoms with E-state index in [1.165, 1.54) is 6.07 Å². The molecule has 0 N–H and O–H groups in total. The van der Waals surface area contributed by atoms with Gasteiger partial charge in [0.25, 0.3) is 0 Å². The highest BCUT2D eigenvalue weighted by atomic mass is 19.2. The van der Waals surface area contributed by atoms with Crippen molar-refractivity contribution in [3.63, 3.8) is 0 Å². The minimum absolute atomic E-state index is 0.504. The van der Waals surface area contributed by atoms with E-state index in [-0.39, 0.29) is 0 Å². The highest BCUT2D eigenvalue weighted by Crippen LogP contribution is 2.20. The van der Waals surface area contributed by atoms with Gasteiger partial charge in [-0.25, -0.2) is 8.78 Å². The molecule has 0 fully saturated rings. The number of nitrogens with zero attached hydrogens (tertiary/aromatic N) is 1. The first-order valence-electron chi connectivity index (χ1n) is 5.89. The summed E-state index contributed by atoms with van der Waals surface area (Å²) in [6.07, 6.45) is 0. The molecule has 2 rings (SSSR count). The van der Waals surface area contributed by atoms with Gasteiger partial charge in [-0.15, -0.1) is 0 Å². The van der Waals surface area contributed by atoms with Crippen molar-refractivity contribution in [2.24, 2.45) is 0 Å². The summed E-state index contributed by atoms with van der Waals surface area (Å²) in [4.78, 5) is 1.95. The summed E-state index contributed by atoms with van der Waals surface area (Å²) < 4.78 is 31.0. The van der Waals surface area contributed by atoms with Crippen LogP contribution in [0.15, 0.2) is 42.5 Å². The number of rotatable bonds is 4. The third-order valence-corrected chi connectivity index (χ3v) is 2.92. The smallest absolute Gasteiger partial charge is 0.159 e. The molecule has 0 heterocycles. The van der Waals surface area contributed by atoms with Gasteiger partial charge < -0.3 is 9.64 Å². The van der Waals surface area contributed by atoms with E-state index in [1.807, 2.05) is 36.2 Å². The van der Waals surface area contributed by atoms with Crippen LogP contribution in [0.2, 0.25) is 0 Å². The Morgan fingerprint density at radius 2 is 1.68 bits per heavy atom. The Balaban J connectivity index is 2.10. The Bertz CT molecular complexity index is 555. The zero-order chi connectivity index (χ0) is 13.8. The van der Waals surface area contributed by atoms with Crippen molar-refractivity contribution in [1.82, 2.24) is 0 Å². The van der Waals surface area contributed by atoms with E-state index in [2.05, 4.69) is 0 Å². The average molecular weight is 263 g/mol. The van der Waals surface area contributed by atoms with Crippen molar-refractivity contribution >= 4 is 5.69 Å². The first kappa shape index (κ1) is 13.3. The molecular formula is C15H15F2NO. The highest BCUT2D eigenvalue weighted by Gasteiger charge is 2.06. The molecular weight excluding hydrogens is 248 g/mol. The van der Waals surface area contributed by atoms with Gasteiger partial charge >= 0.3 is 0 Å². The minimum atomic E-state index is -0.823. The van der Waals surface area contributed by atoms with Gasteiger partial charge in [-0.1, -0.05) is 6.07 Å². The Kier molecular flexibility index (Phi) is 4.00. The molecule has 0 amide bonds. The molecule has 0 saturated carbocycles. The molecule has 0 radical (unpaired) electrons. The molecule has 0 aliphatic rings. The number of anilines is 1. The van der Waals surface area contributed by atoms with Crippen LogP contribution in [0.5, 0.6) is 5.75 Å². The summed E-state index contributed by atoms with van der Waals surface area (Å²) in [5, 5.41) is 0. The lowest BCUT2D eigenvalue weighted by molar-refractivity contribution is 0.415. The first-order chi connectivity index (χ1) is 9.10. The number of hydrogen-bond acceptors (Lipinski definition) is 2. The summed E-state index contributed by atoms with van der Waals surface area (Å²) in [7, 11) is 3.50. The van der Waals surface area contributed by atoms with Gasteiger partial charge in [-0.2, -0.15) is 0 Å². The van der Waals surface area contributed by atoms with Crippen LogP contribution in [0.3, 0.4) is 0 Å². The van der Waals surface area contributed by atoms with Gasteiger partial charge in [-0.05, 0) is 42.0 Å². The molecule has 0 bridgehead atoms. The van der Waals surface area contributed by atoms with Gasteiger partial charge in [0.05, 0.1) is 7.11 Å². The minimum Gasteiger partial charge on any atom is -0.497 e. The quantitative estimate of drug-likeness (QED) is 0.835. The maximum absolute atomic E-state index is 13.1. The molecule has 2 nitrogen and oxygen atoms in total. The molecule has 0 atom stereocenters. The highest BCUT2D eigenvalue weighted by molar-refractivity contribution is 5.48.